The first-order valence-corrected chi connectivity index (χ1v) is 7.88. The largest absolute Gasteiger partial charge is 0.497 e. The Morgan fingerprint density at radius 3 is 2.88 bits per heavy atom. The molecule has 0 spiro atoms. The SMILES string of the molecule is CCc1ccc2c(c1)CC(C(=O)Nc1cccc(OC)c1)OC2=O. The summed E-state index contributed by atoms with van der Waals surface area (Å²) in [7, 11) is 1.56. The average molecular weight is 325 g/mol. The number of hydrogen-bond acceptors (Lipinski definition) is 4. The van der Waals surface area contributed by atoms with Gasteiger partial charge in [-0.25, -0.2) is 4.79 Å². The monoisotopic (exact) mass is 325 g/mol. The van der Waals surface area contributed by atoms with E-state index in [9.17, 15) is 9.59 Å². The van der Waals surface area contributed by atoms with Crippen LogP contribution in [0.3, 0.4) is 0 Å². The molecule has 1 atom stereocenters. The normalized spacial score (nSPS) is 16.1. The van der Waals surface area contributed by atoms with Gasteiger partial charge in [0.1, 0.15) is 5.75 Å². The number of rotatable bonds is 4. The van der Waals surface area contributed by atoms with E-state index in [0.717, 1.165) is 17.5 Å². The smallest absolute Gasteiger partial charge is 0.339 e. The summed E-state index contributed by atoms with van der Waals surface area (Å²) in [6.07, 6.45) is 0.427. The zero-order valence-corrected chi connectivity index (χ0v) is 13.7. The molecule has 1 aliphatic rings. The second-order valence-electron chi connectivity index (χ2n) is 5.66. The van der Waals surface area contributed by atoms with Crippen molar-refractivity contribution in [3.05, 3.63) is 59.2 Å². The van der Waals surface area contributed by atoms with Crippen LogP contribution >= 0.6 is 0 Å². The number of esters is 1. The molecule has 1 amide bonds. The highest BCUT2D eigenvalue weighted by Crippen LogP contribution is 2.24. The van der Waals surface area contributed by atoms with E-state index in [4.69, 9.17) is 9.47 Å². The number of carbonyl (C=O) groups is 2. The Kier molecular flexibility index (Phi) is 4.51. The number of amides is 1. The first kappa shape index (κ1) is 16.1. The van der Waals surface area contributed by atoms with Crippen molar-refractivity contribution in [2.75, 3.05) is 12.4 Å². The molecule has 0 aromatic heterocycles. The molecule has 0 radical (unpaired) electrons. The summed E-state index contributed by atoms with van der Waals surface area (Å²) in [6, 6.07) is 12.7. The molecule has 1 unspecified atom stereocenters. The average Bonchev–Trinajstić information content (AvgIpc) is 2.61. The van der Waals surface area contributed by atoms with E-state index in [1.165, 1.54) is 0 Å². The number of aryl methyl sites for hydroxylation is 1. The summed E-state index contributed by atoms with van der Waals surface area (Å²) < 4.78 is 10.4. The van der Waals surface area contributed by atoms with E-state index >= 15 is 0 Å². The molecule has 0 fully saturated rings. The highest BCUT2D eigenvalue weighted by atomic mass is 16.5. The second-order valence-corrected chi connectivity index (χ2v) is 5.66. The fraction of sp³-hybridized carbons (Fsp3) is 0.263. The number of carbonyl (C=O) groups excluding carboxylic acids is 2. The third-order valence-corrected chi connectivity index (χ3v) is 4.08. The zero-order valence-electron chi connectivity index (χ0n) is 13.7. The van der Waals surface area contributed by atoms with Gasteiger partial charge in [-0.15, -0.1) is 0 Å². The maximum Gasteiger partial charge on any atom is 0.339 e. The maximum absolute atomic E-state index is 12.4. The molecular formula is C19H19NO4. The van der Waals surface area contributed by atoms with Gasteiger partial charge in [0.2, 0.25) is 0 Å². The molecule has 1 N–H and O–H groups in total. The number of anilines is 1. The van der Waals surface area contributed by atoms with Crippen molar-refractivity contribution >= 4 is 17.6 Å². The minimum atomic E-state index is -0.830. The highest BCUT2D eigenvalue weighted by Gasteiger charge is 2.31. The molecule has 0 aliphatic carbocycles. The number of methoxy groups -OCH3 is 1. The van der Waals surface area contributed by atoms with E-state index in [1.807, 2.05) is 12.1 Å². The Bertz CT molecular complexity index is 785. The Morgan fingerprint density at radius 1 is 1.29 bits per heavy atom. The molecular weight excluding hydrogens is 306 g/mol. The van der Waals surface area contributed by atoms with Crippen molar-refractivity contribution in [1.82, 2.24) is 0 Å². The van der Waals surface area contributed by atoms with Crippen LogP contribution in [0.1, 0.15) is 28.4 Å². The van der Waals surface area contributed by atoms with E-state index in [0.29, 0.717) is 23.4 Å². The van der Waals surface area contributed by atoms with E-state index < -0.39 is 12.1 Å². The van der Waals surface area contributed by atoms with Crippen LogP contribution in [-0.4, -0.2) is 25.1 Å². The number of nitrogens with one attached hydrogen (secondary N) is 1. The van der Waals surface area contributed by atoms with Crippen LogP contribution < -0.4 is 10.1 Å². The first-order chi connectivity index (χ1) is 11.6. The topological polar surface area (TPSA) is 64.6 Å². The van der Waals surface area contributed by atoms with Crippen LogP contribution in [-0.2, 0) is 22.4 Å². The Balaban J connectivity index is 1.77. The van der Waals surface area contributed by atoms with E-state index in [2.05, 4.69) is 12.2 Å². The van der Waals surface area contributed by atoms with Gasteiger partial charge >= 0.3 is 5.97 Å². The van der Waals surface area contributed by atoms with Crippen molar-refractivity contribution in [3.63, 3.8) is 0 Å². The van der Waals surface area contributed by atoms with Crippen molar-refractivity contribution in [1.29, 1.82) is 0 Å². The predicted octanol–water partition coefficient (Wildman–Crippen LogP) is 2.98. The molecule has 2 aromatic carbocycles. The van der Waals surface area contributed by atoms with Gasteiger partial charge in [0.15, 0.2) is 6.10 Å². The van der Waals surface area contributed by atoms with Crippen molar-refractivity contribution in [3.8, 4) is 5.75 Å². The Morgan fingerprint density at radius 2 is 2.12 bits per heavy atom. The van der Waals surface area contributed by atoms with E-state index in [-0.39, 0.29) is 5.91 Å². The van der Waals surface area contributed by atoms with Crippen LogP contribution in [0.5, 0.6) is 5.75 Å². The predicted molar refractivity (Wildman–Crippen MR) is 90.4 cm³/mol. The molecule has 124 valence electrons. The molecule has 0 saturated carbocycles. The third-order valence-electron chi connectivity index (χ3n) is 4.08. The standard InChI is InChI=1S/C19H19NO4/c1-3-12-7-8-16-13(9-12)10-17(24-19(16)22)18(21)20-14-5-4-6-15(11-14)23-2/h4-9,11,17H,3,10H2,1-2H3,(H,20,21). The number of ether oxygens (including phenoxy) is 2. The van der Waals surface area contributed by atoms with Gasteiger partial charge < -0.3 is 14.8 Å². The third kappa shape index (κ3) is 3.25. The van der Waals surface area contributed by atoms with Crippen molar-refractivity contribution in [2.24, 2.45) is 0 Å². The Labute approximate surface area is 140 Å². The number of benzene rings is 2. The van der Waals surface area contributed by atoms with E-state index in [1.54, 1.807) is 37.4 Å². The van der Waals surface area contributed by atoms with Crippen LogP contribution in [0.15, 0.2) is 42.5 Å². The quantitative estimate of drug-likeness (QED) is 0.878. The summed E-state index contributed by atoms with van der Waals surface area (Å²) in [5.41, 5.74) is 3.13. The minimum Gasteiger partial charge on any atom is -0.497 e. The molecule has 0 bridgehead atoms. The van der Waals surface area contributed by atoms with Gasteiger partial charge in [-0.3, -0.25) is 4.79 Å². The number of cyclic esters (lactones) is 1. The number of fused-ring (bicyclic) bond motifs is 1. The summed E-state index contributed by atoms with van der Waals surface area (Å²) in [6.45, 7) is 2.05. The van der Waals surface area contributed by atoms with Crippen molar-refractivity contribution < 1.29 is 19.1 Å². The highest BCUT2D eigenvalue weighted by molar-refractivity contribution is 6.00. The molecule has 5 nitrogen and oxygen atoms in total. The van der Waals surface area contributed by atoms with Gasteiger partial charge in [0.05, 0.1) is 12.7 Å². The molecule has 1 aliphatic heterocycles. The fourth-order valence-electron chi connectivity index (χ4n) is 2.74. The summed E-state index contributed by atoms with van der Waals surface area (Å²) in [5.74, 6) is -0.153. The lowest BCUT2D eigenvalue weighted by molar-refractivity contribution is -0.125. The fourth-order valence-corrected chi connectivity index (χ4v) is 2.74. The van der Waals surface area contributed by atoms with Gasteiger partial charge in [-0.05, 0) is 35.7 Å². The van der Waals surface area contributed by atoms with Crippen LogP contribution in [0, 0.1) is 0 Å². The lowest BCUT2D eigenvalue weighted by atomic mass is 9.95. The van der Waals surface area contributed by atoms with Gasteiger partial charge in [0, 0.05) is 18.2 Å². The van der Waals surface area contributed by atoms with Gasteiger partial charge in [0.25, 0.3) is 5.91 Å². The van der Waals surface area contributed by atoms with Crippen LogP contribution in [0.4, 0.5) is 5.69 Å². The minimum absolute atomic E-state index is 0.343. The van der Waals surface area contributed by atoms with Gasteiger partial charge in [-0.1, -0.05) is 25.1 Å². The van der Waals surface area contributed by atoms with Crippen LogP contribution in [0.2, 0.25) is 0 Å². The second kappa shape index (κ2) is 6.74. The molecule has 0 saturated heterocycles. The summed E-state index contributed by atoms with van der Waals surface area (Å²) in [4.78, 5) is 24.6. The lowest BCUT2D eigenvalue weighted by Gasteiger charge is -2.24. The zero-order chi connectivity index (χ0) is 17.1. The summed E-state index contributed by atoms with van der Waals surface area (Å²) in [5, 5.41) is 2.77. The van der Waals surface area contributed by atoms with Crippen LogP contribution in [0.25, 0.3) is 0 Å². The summed E-state index contributed by atoms with van der Waals surface area (Å²) >= 11 is 0. The first-order valence-electron chi connectivity index (χ1n) is 7.88. The lowest BCUT2D eigenvalue weighted by Crippen LogP contribution is -2.38. The van der Waals surface area contributed by atoms with Gasteiger partial charge in [-0.2, -0.15) is 0 Å². The molecule has 3 rings (SSSR count). The molecule has 24 heavy (non-hydrogen) atoms. The Hall–Kier alpha value is -2.82. The number of hydrogen-bond donors (Lipinski definition) is 1. The molecule has 2 aromatic rings. The molecule has 5 heteroatoms. The molecule has 1 heterocycles. The maximum atomic E-state index is 12.4. The van der Waals surface area contributed by atoms with Crippen molar-refractivity contribution in [2.45, 2.75) is 25.9 Å².